The fourth-order valence-electron chi connectivity index (χ4n) is 5.07. The summed E-state index contributed by atoms with van der Waals surface area (Å²) in [4.78, 5) is 44.3. The van der Waals surface area contributed by atoms with Gasteiger partial charge < -0.3 is 23.4 Å². The van der Waals surface area contributed by atoms with Crippen molar-refractivity contribution >= 4 is 29.4 Å². The fourth-order valence-corrected chi connectivity index (χ4v) is 6.09. The molecule has 0 amide bonds. The van der Waals surface area contributed by atoms with Crippen molar-refractivity contribution in [2.24, 2.45) is 4.99 Å². The van der Waals surface area contributed by atoms with Crippen molar-refractivity contribution in [1.82, 2.24) is 4.57 Å². The SMILES string of the molecule is CCCCOC(=O)c1ccc(-c2ccc(/C=c3\sc4n(c3=O)[C@H](c3ccc5c(c3)OCO5)C(C(=O)OCC)=C(C)N=4)o2)cc1. The molecule has 2 aromatic carbocycles. The number of nitrogens with zero attached hydrogens (tertiary/aromatic N) is 2. The van der Waals surface area contributed by atoms with Crippen LogP contribution in [0, 0.1) is 0 Å². The molecule has 0 radical (unpaired) electrons. The molecular weight excluding hydrogens is 584 g/mol. The Labute approximate surface area is 256 Å². The number of esters is 2. The first kappa shape index (κ1) is 29.2. The quantitative estimate of drug-likeness (QED) is 0.196. The number of hydrogen-bond donors (Lipinski definition) is 0. The van der Waals surface area contributed by atoms with E-state index < -0.39 is 12.0 Å². The summed E-state index contributed by atoms with van der Waals surface area (Å²) in [5.41, 5.74) is 2.33. The zero-order valence-corrected chi connectivity index (χ0v) is 25.3. The van der Waals surface area contributed by atoms with Gasteiger partial charge >= 0.3 is 11.9 Å². The summed E-state index contributed by atoms with van der Waals surface area (Å²) in [5, 5.41) is 0. The number of carbonyl (C=O) groups is 2. The van der Waals surface area contributed by atoms with Gasteiger partial charge in [-0.15, -0.1) is 0 Å². The molecule has 10 nitrogen and oxygen atoms in total. The lowest BCUT2D eigenvalue weighted by atomic mass is 9.95. The van der Waals surface area contributed by atoms with Crippen LogP contribution in [0.2, 0.25) is 0 Å². The van der Waals surface area contributed by atoms with E-state index in [1.54, 1.807) is 68.5 Å². The molecule has 1 atom stereocenters. The number of fused-ring (bicyclic) bond motifs is 2. The van der Waals surface area contributed by atoms with E-state index in [1.165, 1.54) is 15.9 Å². The van der Waals surface area contributed by atoms with Crippen LogP contribution < -0.4 is 24.4 Å². The largest absolute Gasteiger partial charge is 0.463 e. The normalized spacial score (nSPS) is 15.6. The molecule has 0 saturated heterocycles. The second-order valence-electron chi connectivity index (χ2n) is 10.2. The van der Waals surface area contributed by atoms with Crippen molar-refractivity contribution in [3.63, 3.8) is 0 Å². The Morgan fingerprint density at radius 1 is 1.02 bits per heavy atom. The van der Waals surface area contributed by atoms with Crippen LogP contribution >= 0.6 is 11.3 Å². The maximum Gasteiger partial charge on any atom is 0.338 e. The molecule has 2 aliphatic heterocycles. The Bertz CT molecular complexity index is 1950. The number of rotatable bonds is 9. The Morgan fingerprint density at radius 2 is 1.82 bits per heavy atom. The van der Waals surface area contributed by atoms with Gasteiger partial charge in [-0.3, -0.25) is 9.36 Å². The summed E-state index contributed by atoms with van der Waals surface area (Å²) in [6.45, 7) is 6.17. The molecule has 4 heterocycles. The van der Waals surface area contributed by atoms with E-state index in [9.17, 15) is 14.4 Å². The van der Waals surface area contributed by atoms with E-state index >= 15 is 0 Å². The smallest absolute Gasteiger partial charge is 0.338 e. The zero-order valence-electron chi connectivity index (χ0n) is 24.5. The third kappa shape index (κ3) is 5.58. The predicted octanol–water partition coefficient (Wildman–Crippen LogP) is 4.74. The summed E-state index contributed by atoms with van der Waals surface area (Å²) >= 11 is 1.20. The van der Waals surface area contributed by atoms with E-state index in [4.69, 9.17) is 23.4 Å². The standard InChI is InChI=1S/C33H30N2O8S/c1-4-6-15-40-31(37)21-9-7-20(8-10-21)24-14-12-23(43-24)17-27-30(36)35-29(22-11-13-25-26(16-22)42-18-41-25)28(32(38)39-5-2)19(3)34-33(35)44-27/h7-14,16-17,29H,4-6,15,18H2,1-3H3/b27-17-/t29-/m1/s1. The summed E-state index contributed by atoms with van der Waals surface area (Å²) in [5.74, 6) is 1.27. The van der Waals surface area contributed by atoms with Gasteiger partial charge in [0.25, 0.3) is 5.56 Å². The minimum Gasteiger partial charge on any atom is -0.463 e. The van der Waals surface area contributed by atoms with Crippen LogP contribution in [-0.2, 0) is 14.3 Å². The highest BCUT2D eigenvalue weighted by molar-refractivity contribution is 7.07. The molecule has 2 aliphatic rings. The number of allylic oxidation sites excluding steroid dienone is 1. The number of furan rings is 1. The average molecular weight is 615 g/mol. The highest BCUT2D eigenvalue weighted by Gasteiger charge is 2.34. The number of aromatic nitrogens is 1. The Hall–Kier alpha value is -4.90. The topological polar surface area (TPSA) is 119 Å². The first-order chi connectivity index (χ1) is 21.4. The molecule has 0 N–H and O–H groups in total. The lowest BCUT2D eigenvalue weighted by molar-refractivity contribution is -0.139. The van der Waals surface area contributed by atoms with Crippen LogP contribution in [0.1, 0.15) is 61.3 Å². The number of ether oxygens (including phenoxy) is 4. The first-order valence-corrected chi connectivity index (χ1v) is 15.2. The van der Waals surface area contributed by atoms with Crippen LogP contribution in [0.3, 0.4) is 0 Å². The van der Waals surface area contributed by atoms with Gasteiger partial charge in [-0.2, -0.15) is 0 Å². The first-order valence-electron chi connectivity index (χ1n) is 14.3. The molecular formula is C33H30N2O8S. The molecule has 226 valence electrons. The summed E-state index contributed by atoms with van der Waals surface area (Å²) in [6, 6.07) is 15.1. The lowest BCUT2D eigenvalue weighted by Gasteiger charge is -2.24. The van der Waals surface area contributed by atoms with Crippen LogP contribution in [0.25, 0.3) is 17.4 Å². The van der Waals surface area contributed by atoms with Gasteiger partial charge in [-0.1, -0.05) is 42.9 Å². The molecule has 0 bridgehead atoms. The van der Waals surface area contributed by atoms with Crippen molar-refractivity contribution in [2.45, 2.75) is 39.7 Å². The van der Waals surface area contributed by atoms with Crippen molar-refractivity contribution in [3.05, 3.63) is 102 Å². The summed E-state index contributed by atoms with van der Waals surface area (Å²) in [7, 11) is 0. The minimum absolute atomic E-state index is 0.0992. The van der Waals surface area contributed by atoms with Gasteiger partial charge in [-0.05, 0) is 62.2 Å². The highest BCUT2D eigenvalue weighted by Crippen LogP contribution is 2.38. The van der Waals surface area contributed by atoms with E-state index in [1.807, 2.05) is 13.0 Å². The third-order valence-corrected chi connectivity index (χ3v) is 8.25. The molecule has 44 heavy (non-hydrogen) atoms. The van der Waals surface area contributed by atoms with Gasteiger partial charge in [0, 0.05) is 11.6 Å². The van der Waals surface area contributed by atoms with Crippen molar-refractivity contribution < 1.29 is 33.0 Å². The molecule has 0 spiro atoms. The molecule has 11 heteroatoms. The van der Waals surface area contributed by atoms with Crippen LogP contribution in [0.4, 0.5) is 0 Å². The Kier molecular flexibility index (Phi) is 8.21. The second kappa shape index (κ2) is 12.4. The average Bonchev–Trinajstić information content (AvgIpc) is 3.76. The predicted molar refractivity (Wildman–Crippen MR) is 162 cm³/mol. The maximum atomic E-state index is 13.9. The number of benzene rings is 2. The zero-order chi connectivity index (χ0) is 30.8. The Morgan fingerprint density at radius 3 is 2.59 bits per heavy atom. The van der Waals surface area contributed by atoms with E-state index in [0.717, 1.165) is 18.4 Å². The maximum absolute atomic E-state index is 13.9. The number of hydrogen-bond acceptors (Lipinski definition) is 10. The molecule has 6 rings (SSSR count). The third-order valence-electron chi connectivity index (χ3n) is 7.27. The van der Waals surface area contributed by atoms with E-state index in [-0.39, 0.29) is 30.5 Å². The second-order valence-corrected chi connectivity index (χ2v) is 11.2. The van der Waals surface area contributed by atoms with Crippen LogP contribution in [0.5, 0.6) is 11.5 Å². The number of carbonyl (C=O) groups excluding carboxylic acids is 2. The van der Waals surface area contributed by atoms with Gasteiger partial charge in [-0.25, -0.2) is 14.6 Å². The van der Waals surface area contributed by atoms with Crippen molar-refractivity contribution in [2.75, 3.05) is 20.0 Å². The fraction of sp³-hybridized carbons (Fsp3) is 0.273. The summed E-state index contributed by atoms with van der Waals surface area (Å²) in [6.07, 6.45) is 3.43. The summed E-state index contributed by atoms with van der Waals surface area (Å²) < 4.78 is 29.6. The molecule has 0 fully saturated rings. The van der Waals surface area contributed by atoms with Crippen molar-refractivity contribution in [3.8, 4) is 22.8 Å². The molecule has 0 aliphatic carbocycles. The van der Waals surface area contributed by atoms with E-state index in [2.05, 4.69) is 4.99 Å². The number of unbranched alkanes of at least 4 members (excludes halogenated alkanes) is 1. The van der Waals surface area contributed by atoms with Crippen LogP contribution in [0.15, 0.2) is 80.1 Å². The highest BCUT2D eigenvalue weighted by atomic mass is 32.1. The Balaban J connectivity index is 1.34. The number of thiazole rings is 1. The van der Waals surface area contributed by atoms with Gasteiger partial charge in [0.1, 0.15) is 11.5 Å². The minimum atomic E-state index is -0.777. The lowest BCUT2D eigenvalue weighted by Crippen LogP contribution is -2.39. The van der Waals surface area contributed by atoms with Crippen LogP contribution in [-0.4, -0.2) is 36.5 Å². The molecule has 0 saturated carbocycles. The van der Waals surface area contributed by atoms with E-state index in [0.29, 0.717) is 55.8 Å². The molecule has 0 unspecified atom stereocenters. The van der Waals surface area contributed by atoms with Gasteiger partial charge in [0.05, 0.1) is 40.6 Å². The van der Waals surface area contributed by atoms with Gasteiger partial charge in [0.15, 0.2) is 16.3 Å². The monoisotopic (exact) mass is 614 g/mol. The molecule has 4 aromatic rings. The van der Waals surface area contributed by atoms with Gasteiger partial charge in [0.2, 0.25) is 6.79 Å². The molecule has 2 aromatic heterocycles. The van der Waals surface area contributed by atoms with Crippen molar-refractivity contribution in [1.29, 1.82) is 0 Å².